The van der Waals surface area contributed by atoms with Gasteiger partial charge in [-0.3, -0.25) is 9.59 Å². The molecule has 0 aromatic rings. The van der Waals surface area contributed by atoms with E-state index in [4.69, 9.17) is 5.11 Å². The van der Waals surface area contributed by atoms with Crippen LogP contribution in [0.15, 0.2) is 0 Å². The fraction of sp³-hybridized carbons (Fsp3) is 0.818. The summed E-state index contributed by atoms with van der Waals surface area (Å²) in [7, 11) is -2.98. The molecule has 1 heterocycles. The first-order chi connectivity index (χ1) is 8.39. The Morgan fingerprint density at radius 2 is 1.61 bits per heavy atom. The highest BCUT2D eigenvalue weighted by Gasteiger charge is 2.37. The zero-order valence-electron chi connectivity index (χ0n) is 10.0. The summed E-state index contributed by atoms with van der Waals surface area (Å²) in [5.74, 6) is -1.54. The largest absolute Gasteiger partial charge is 0.481 e. The molecule has 1 N–H and O–H groups in total. The molecule has 0 bridgehead atoms. The second-order valence-corrected chi connectivity index (χ2v) is 7.33. The SMILES string of the molecule is O=C(O)[C@H]1CC[C@@H](C(=O)N2CCS(=O)(=O)CC2)C1. The minimum Gasteiger partial charge on any atom is -0.481 e. The van der Waals surface area contributed by atoms with Crippen LogP contribution in [0.4, 0.5) is 0 Å². The number of carboxylic acids is 1. The smallest absolute Gasteiger partial charge is 0.306 e. The van der Waals surface area contributed by atoms with E-state index in [0.29, 0.717) is 19.3 Å². The second-order valence-electron chi connectivity index (χ2n) is 5.02. The molecule has 2 aliphatic rings. The normalized spacial score (nSPS) is 31.2. The van der Waals surface area contributed by atoms with E-state index in [1.54, 1.807) is 4.90 Å². The van der Waals surface area contributed by atoms with Crippen LogP contribution >= 0.6 is 0 Å². The molecule has 1 aliphatic heterocycles. The van der Waals surface area contributed by atoms with Crippen molar-refractivity contribution in [2.75, 3.05) is 24.6 Å². The monoisotopic (exact) mass is 275 g/mol. The number of nitrogens with zero attached hydrogens (tertiary/aromatic N) is 1. The molecule has 0 unspecified atom stereocenters. The lowest BCUT2D eigenvalue weighted by molar-refractivity contribution is -0.141. The molecule has 0 aromatic heterocycles. The molecule has 7 heteroatoms. The topological polar surface area (TPSA) is 91.8 Å². The maximum absolute atomic E-state index is 12.1. The molecule has 0 radical (unpaired) electrons. The Bertz CT molecular complexity index is 444. The Morgan fingerprint density at radius 1 is 1.06 bits per heavy atom. The van der Waals surface area contributed by atoms with Gasteiger partial charge in [-0.15, -0.1) is 0 Å². The molecular weight excluding hydrogens is 258 g/mol. The molecule has 2 rings (SSSR count). The number of hydrogen-bond donors (Lipinski definition) is 1. The molecule has 1 saturated heterocycles. The van der Waals surface area contributed by atoms with Crippen LogP contribution in [0, 0.1) is 11.8 Å². The van der Waals surface area contributed by atoms with Gasteiger partial charge in [0.25, 0.3) is 0 Å². The van der Waals surface area contributed by atoms with Crippen LogP contribution in [0.5, 0.6) is 0 Å². The van der Waals surface area contributed by atoms with Crippen molar-refractivity contribution in [3.63, 3.8) is 0 Å². The summed E-state index contributed by atoms with van der Waals surface area (Å²) in [5.41, 5.74) is 0. The Kier molecular flexibility index (Phi) is 3.61. The first kappa shape index (κ1) is 13.3. The third kappa shape index (κ3) is 2.82. The van der Waals surface area contributed by atoms with Gasteiger partial charge in [-0.1, -0.05) is 0 Å². The summed E-state index contributed by atoms with van der Waals surface area (Å²) in [6.45, 7) is 0.491. The van der Waals surface area contributed by atoms with Gasteiger partial charge in [0, 0.05) is 19.0 Å². The maximum atomic E-state index is 12.1. The Hall–Kier alpha value is -1.11. The number of carbonyl (C=O) groups excluding carboxylic acids is 1. The Labute approximate surface area is 106 Å². The predicted molar refractivity (Wildman–Crippen MR) is 63.7 cm³/mol. The van der Waals surface area contributed by atoms with Gasteiger partial charge in [0.15, 0.2) is 9.84 Å². The summed E-state index contributed by atoms with van der Waals surface area (Å²) >= 11 is 0. The van der Waals surface area contributed by atoms with Crippen LogP contribution in [0.25, 0.3) is 0 Å². The van der Waals surface area contributed by atoms with Crippen molar-refractivity contribution in [2.24, 2.45) is 11.8 Å². The van der Waals surface area contributed by atoms with Crippen LogP contribution in [0.2, 0.25) is 0 Å². The van der Waals surface area contributed by atoms with Crippen molar-refractivity contribution in [1.82, 2.24) is 4.90 Å². The minimum atomic E-state index is -2.98. The summed E-state index contributed by atoms with van der Waals surface area (Å²) in [6, 6.07) is 0. The fourth-order valence-corrected chi connectivity index (χ4v) is 3.82. The molecule has 6 nitrogen and oxygen atoms in total. The first-order valence-corrected chi connectivity index (χ1v) is 7.93. The zero-order chi connectivity index (χ0) is 13.3. The van der Waals surface area contributed by atoms with Gasteiger partial charge in [0.2, 0.25) is 5.91 Å². The van der Waals surface area contributed by atoms with Crippen molar-refractivity contribution < 1.29 is 23.1 Å². The second kappa shape index (κ2) is 4.87. The van der Waals surface area contributed by atoms with Crippen LogP contribution in [0.1, 0.15) is 19.3 Å². The molecule has 2 atom stereocenters. The van der Waals surface area contributed by atoms with Crippen LogP contribution in [-0.4, -0.2) is 54.9 Å². The van der Waals surface area contributed by atoms with Crippen molar-refractivity contribution in [2.45, 2.75) is 19.3 Å². The molecule has 2 fully saturated rings. The van der Waals surface area contributed by atoms with Crippen LogP contribution in [0.3, 0.4) is 0 Å². The van der Waals surface area contributed by atoms with Crippen molar-refractivity contribution in [1.29, 1.82) is 0 Å². The van der Waals surface area contributed by atoms with E-state index in [2.05, 4.69) is 0 Å². The van der Waals surface area contributed by atoms with Crippen molar-refractivity contribution in [3.05, 3.63) is 0 Å². The zero-order valence-corrected chi connectivity index (χ0v) is 10.9. The first-order valence-electron chi connectivity index (χ1n) is 6.11. The lowest BCUT2D eigenvalue weighted by atomic mass is 10.0. The molecule has 0 aromatic carbocycles. The van der Waals surface area contributed by atoms with E-state index in [9.17, 15) is 18.0 Å². The van der Waals surface area contributed by atoms with E-state index in [1.165, 1.54) is 0 Å². The molecule has 18 heavy (non-hydrogen) atoms. The molecule has 0 spiro atoms. The van der Waals surface area contributed by atoms with Crippen LogP contribution < -0.4 is 0 Å². The number of aliphatic carboxylic acids is 1. The van der Waals surface area contributed by atoms with Crippen molar-refractivity contribution >= 4 is 21.7 Å². The summed E-state index contributed by atoms with van der Waals surface area (Å²) < 4.78 is 22.5. The molecule has 1 saturated carbocycles. The minimum absolute atomic E-state index is 0.0216. The van der Waals surface area contributed by atoms with Gasteiger partial charge in [0.1, 0.15) is 0 Å². The van der Waals surface area contributed by atoms with Crippen molar-refractivity contribution in [3.8, 4) is 0 Å². The summed E-state index contributed by atoms with van der Waals surface area (Å²) in [4.78, 5) is 24.5. The quantitative estimate of drug-likeness (QED) is 0.750. The van der Waals surface area contributed by atoms with Gasteiger partial charge in [0.05, 0.1) is 17.4 Å². The fourth-order valence-electron chi connectivity index (χ4n) is 2.62. The van der Waals surface area contributed by atoms with E-state index in [1.807, 2.05) is 0 Å². The number of hydrogen-bond acceptors (Lipinski definition) is 4. The van der Waals surface area contributed by atoms with E-state index >= 15 is 0 Å². The number of carboxylic acid groups (broad SMARTS) is 1. The molecule has 102 valence electrons. The van der Waals surface area contributed by atoms with Gasteiger partial charge >= 0.3 is 5.97 Å². The average molecular weight is 275 g/mol. The summed E-state index contributed by atoms with van der Waals surface area (Å²) in [6.07, 6.45) is 1.52. The Balaban J connectivity index is 1.91. The molecular formula is C11H17NO5S. The number of carbonyl (C=O) groups is 2. The molecule has 1 aliphatic carbocycles. The van der Waals surface area contributed by atoms with Gasteiger partial charge in [-0.25, -0.2) is 8.42 Å². The number of sulfone groups is 1. The predicted octanol–water partition coefficient (Wildman–Crippen LogP) is -0.256. The van der Waals surface area contributed by atoms with Gasteiger partial charge in [-0.2, -0.15) is 0 Å². The third-order valence-electron chi connectivity index (χ3n) is 3.79. The lowest BCUT2D eigenvalue weighted by Gasteiger charge is -2.29. The molecule has 1 amide bonds. The van der Waals surface area contributed by atoms with Gasteiger partial charge < -0.3 is 10.0 Å². The highest BCUT2D eigenvalue weighted by atomic mass is 32.2. The van der Waals surface area contributed by atoms with E-state index in [-0.39, 0.29) is 36.4 Å². The lowest BCUT2D eigenvalue weighted by Crippen LogP contribution is -2.45. The highest BCUT2D eigenvalue weighted by Crippen LogP contribution is 2.32. The van der Waals surface area contributed by atoms with Gasteiger partial charge in [-0.05, 0) is 19.3 Å². The van der Waals surface area contributed by atoms with E-state index < -0.39 is 21.7 Å². The maximum Gasteiger partial charge on any atom is 0.306 e. The standard InChI is InChI=1S/C11H17NO5S/c13-10(8-1-2-9(7-8)11(14)15)12-3-5-18(16,17)6-4-12/h8-9H,1-7H2,(H,14,15)/t8-,9+/m1/s1. The number of rotatable bonds is 2. The summed E-state index contributed by atoms with van der Waals surface area (Å²) in [5, 5.41) is 8.89. The number of amides is 1. The third-order valence-corrected chi connectivity index (χ3v) is 5.40. The average Bonchev–Trinajstić information content (AvgIpc) is 2.77. The van der Waals surface area contributed by atoms with E-state index in [0.717, 1.165) is 0 Å². The Morgan fingerprint density at radius 3 is 2.11 bits per heavy atom. The highest BCUT2D eigenvalue weighted by molar-refractivity contribution is 7.91. The van der Waals surface area contributed by atoms with Crippen LogP contribution in [-0.2, 0) is 19.4 Å².